The molecule has 0 spiro atoms. The molecule has 0 aromatic heterocycles. The van der Waals surface area contributed by atoms with Gasteiger partial charge in [-0.2, -0.15) is 0 Å². The molecular weight excluding hydrogens is 299 g/mol. The van der Waals surface area contributed by atoms with Gasteiger partial charge in [0, 0.05) is 12.1 Å². The second-order valence-electron chi connectivity index (χ2n) is 4.73. The quantitative estimate of drug-likeness (QED) is 0.634. The molecule has 2 rings (SSSR count). The molecular formula is C17H17FN2O3. The first-order valence-electron chi connectivity index (χ1n) is 7.17. The number of carbonyl (C=O) groups excluding carboxylic acids is 2. The molecule has 0 unspecified atom stereocenters. The van der Waals surface area contributed by atoms with Crippen molar-refractivity contribution in [1.82, 2.24) is 0 Å². The van der Waals surface area contributed by atoms with Crippen LogP contribution in [0.2, 0.25) is 0 Å². The van der Waals surface area contributed by atoms with Crippen LogP contribution in [0.1, 0.15) is 13.3 Å². The fraction of sp³-hybridized carbons (Fsp3) is 0.176. The number of benzene rings is 2. The van der Waals surface area contributed by atoms with Gasteiger partial charge in [0.05, 0.1) is 12.2 Å². The molecule has 120 valence electrons. The minimum Gasteiger partial charge on any atom is -0.427 e. The van der Waals surface area contributed by atoms with E-state index >= 15 is 0 Å². The predicted octanol–water partition coefficient (Wildman–Crippen LogP) is 3.19. The molecule has 6 heteroatoms. The van der Waals surface area contributed by atoms with Gasteiger partial charge in [0.25, 0.3) is 0 Å². The van der Waals surface area contributed by atoms with Gasteiger partial charge < -0.3 is 15.4 Å². The Labute approximate surface area is 133 Å². The van der Waals surface area contributed by atoms with E-state index in [1.165, 1.54) is 6.07 Å². The predicted molar refractivity (Wildman–Crippen MR) is 85.9 cm³/mol. The van der Waals surface area contributed by atoms with E-state index in [4.69, 9.17) is 4.74 Å². The van der Waals surface area contributed by atoms with Crippen LogP contribution in [0.3, 0.4) is 0 Å². The average molecular weight is 316 g/mol. The minimum atomic E-state index is -0.414. The fourth-order valence-corrected chi connectivity index (χ4v) is 1.80. The molecule has 0 saturated carbocycles. The molecule has 0 bridgehead atoms. The van der Waals surface area contributed by atoms with Gasteiger partial charge in [0.1, 0.15) is 11.6 Å². The molecule has 2 aromatic carbocycles. The molecule has 0 fully saturated rings. The molecule has 5 nitrogen and oxygen atoms in total. The lowest BCUT2D eigenvalue weighted by Gasteiger charge is -2.09. The van der Waals surface area contributed by atoms with Crippen LogP contribution in [0, 0.1) is 5.82 Å². The molecule has 0 radical (unpaired) electrons. The highest BCUT2D eigenvalue weighted by atomic mass is 19.1. The van der Waals surface area contributed by atoms with E-state index in [-0.39, 0.29) is 24.1 Å². The van der Waals surface area contributed by atoms with Gasteiger partial charge in [-0.05, 0) is 36.4 Å². The van der Waals surface area contributed by atoms with Gasteiger partial charge in [-0.1, -0.05) is 19.1 Å². The Kier molecular flexibility index (Phi) is 5.68. The fourth-order valence-electron chi connectivity index (χ4n) is 1.80. The average Bonchev–Trinajstić information content (AvgIpc) is 2.56. The van der Waals surface area contributed by atoms with Gasteiger partial charge >= 0.3 is 5.97 Å². The summed E-state index contributed by atoms with van der Waals surface area (Å²) in [5, 5.41) is 5.38. The third kappa shape index (κ3) is 5.10. The Hall–Kier alpha value is -2.89. The normalized spacial score (nSPS) is 10.0. The molecule has 0 aliphatic heterocycles. The number of hydrogen-bond donors (Lipinski definition) is 2. The molecule has 0 aliphatic carbocycles. The van der Waals surface area contributed by atoms with Crippen molar-refractivity contribution in [3.8, 4) is 5.75 Å². The van der Waals surface area contributed by atoms with Crippen molar-refractivity contribution in [2.24, 2.45) is 0 Å². The zero-order valence-electron chi connectivity index (χ0n) is 12.6. The van der Waals surface area contributed by atoms with Crippen LogP contribution in [0.4, 0.5) is 15.8 Å². The Balaban J connectivity index is 1.85. The van der Waals surface area contributed by atoms with Crippen molar-refractivity contribution in [3.05, 3.63) is 54.3 Å². The smallest absolute Gasteiger partial charge is 0.310 e. The van der Waals surface area contributed by atoms with Gasteiger partial charge in [0.15, 0.2) is 0 Å². The highest BCUT2D eigenvalue weighted by molar-refractivity contribution is 5.93. The minimum absolute atomic E-state index is 0.0620. The zero-order chi connectivity index (χ0) is 16.7. The highest BCUT2D eigenvalue weighted by Gasteiger charge is 2.06. The maximum atomic E-state index is 13.4. The monoisotopic (exact) mass is 316 g/mol. The number of esters is 1. The first-order valence-corrected chi connectivity index (χ1v) is 7.17. The second kappa shape index (κ2) is 7.93. The lowest BCUT2D eigenvalue weighted by Crippen LogP contribution is -2.22. The van der Waals surface area contributed by atoms with Gasteiger partial charge in [-0.25, -0.2) is 4.39 Å². The molecule has 2 N–H and O–H groups in total. The summed E-state index contributed by atoms with van der Waals surface area (Å²) in [6.07, 6.45) is 0.292. The molecule has 1 amide bonds. The summed E-state index contributed by atoms with van der Waals surface area (Å²) in [5.74, 6) is -0.635. The number of anilines is 2. The van der Waals surface area contributed by atoms with E-state index in [1.807, 2.05) is 0 Å². The number of ether oxygens (including phenoxy) is 1. The summed E-state index contributed by atoms with van der Waals surface area (Å²) in [4.78, 5) is 23.0. The van der Waals surface area contributed by atoms with Crippen LogP contribution in [0.25, 0.3) is 0 Å². The second-order valence-corrected chi connectivity index (χ2v) is 4.73. The van der Waals surface area contributed by atoms with E-state index in [1.54, 1.807) is 49.4 Å². The summed E-state index contributed by atoms with van der Waals surface area (Å²) < 4.78 is 18.4. The van der Waals surface area contributed by atoms with Crippen LogP contribution in [0.5, 0.6) is 5.75 Å². The molecule has 0 aliphatic rings. The maximum absolute atomic E-state index is 13.4. The molecule has 0 heterocycles. The Morgan fingerprint density at radius 3 is 2.43 bits per heavy atom. The number of halogens is 1. The first-order chi connectivity index (χ1) is 11.1. The summed E-state index contributed by atoms with van der Waals surface area (Å²) in [6, 6.07) is 12.6. The van der Waals surface area contributed by atoms with Crippen molar-refractivity contribution in [1.29, 1.82) is 0 Å². The van der Waals surface area contributed by atoms with Crippen LogP contribution in [-0.4, -0.2) is 18.4 Å². The molecule has 0 saturated heterocycles. The molecule has 2 aromatic rings. The van der Waals surface area contributed by atoms with E-state index < -0.39 is 5.82 Å². The van der Waals surface area contributed by atoms with Crippen LogP contribution >= 0.6 is 0 Å². The maximum Gasteiger partial charge on any atom is 0.310 e. The highest BCUT2D eigenvalue weighted by Crippen LogP contribution is 2.16. The van der Waals surface area contributed by atoms with Crippen molar-refractivity contribution in [2.45, 2.75) is 13.3 Å². The van der Waals surface area contributed by atoms with E-state index in [2.05, 4.69) is 10.6 Å². The number of para-hydroxylation sites is 1. The zero-order valence-corrected chi connectivity index (χ0v) is 12.6. The van der Waals surface area contributed by atoms with Gasteiger partial charge in [-0.3, -0.25) is 9.59 Å². The third-order valence-electron chi connectivity index (χ3n) is 2.97. The number of rotatable bonds is 6. The number of amides is 1. The Bertz CT molecular complexity index is 686. The Morgan fingerprint density at radius 2 is 1.78 bits per heavy atom. The molecule has 23 heavy (non-hydrogen) atoms. The standard InChI is InChI=1S/C17H17FN2O3/c1-2-17(22)23-13-9-7-12(8-10-13)20-16(21)11-19-15-6-4-3-5-14(15)18/h3-10,19H,2,11H2,1H3,(H,20,21). The summed E-state index contributed by atoms with van der Waals surface area (Å²) in [7, 11) is 0. The topological polar surface area (TPSA) is 67.4 Å². The lowest BCUT2D eigenvalue weighted by atomic mass is 10.3. The van der Waals surface area contributed by atoms with E-state index in [0.717, 1.165) is 0 Å². The number of nitrogens with one attached hydrogen (secondary N) is 2. The van der Waals surface area contributed by atoms with Crippen LogP contribution < -0.4 is 15.4 Å². The third-order valence-corrected chi connectivity index (χ3v) is 2.97. The lowest BCUT2D eigenvalue weighted by molar-refractivity contribution is -0.134. The van der Waals surface area contributed by atoms with Gasteiger partial charge in [-0.15, -0.1) is 0 Å². The summed E-state index contributed by atoms with van der Waals surface area (Å²) >= 11 is 0. The van der Waals surface area contributed by atoms with Crippen molar-refractivity contribution in [3.63, 3.8) is 0 Å². The van der Waals surface area contributed by atoms with Crippen molar-refractivity contribution < 1.29 is 18.7 Å². The number of hydrogen-bond acceptors (Lipinski definition) is 4. The summed E-state index contributed by atoms with van der Waals surface area (Å²) in [6.45, 7) is 1.65. The number of carbonyl (C=O) groups is 2. The first kappa shape index (κ1) is 16.5. The van der Waals surface area contributed by atoms with Gasteiger partial charge in [0.2, 0.25) is 5.91 Å². The van der Waals surface area contributed by atoms with Crippen molar-refractivity contribution >= 4 is 23.3 Å². The molecule has 0 atom stereocenters. The van der Waals surface area contributed by atoms with Crippen molar-refractivity contribution in [2.75, 3.05) is 17.2 Å². The van der Waals surface area contributed by atoms with E-state index in [9.17, 15) is 14.0 Å². The van der Waals surface area contributed by atoms with Crippen LogP contribution in [0.15, 0.2) is 48.5 Å². The van der Waals surface area contributed by atoms with E-state index in [0.29, 0.717) is 17.9 Å². The Morgan fingerprint density at radius 1 is 1.09 bits per heavy atom. The summed E-state index contributed by atoms with van der Waals surface area (Å²) in [5.41, 5.74) is 0.825. The van der Waals surface area contributed by atoms with Crippen LogP contribution in [-0.2, 0) is 9.59 Å². The largest absolute Gasteiger partial charge is 0.427 e. The SMILES string of the molecule is CCC(=O)Oc1ccc(NC(=O)CNc2ccccc2F)cc1.